The zero-order valence-electron chi connectivity index (χ0n) is 16.1. The van der Waals surface area contributed by atoms with E-state index >= 15 is 0 Å². The molecule has 0 aromatic heterocycles. The largest absolute Gasteiger partial charge is 0.493 e. The van der Waals surface area contributed by atoms with Crippen LogP contribution in [0.25, 0.3) is 0 Å². The summed E-state index contributed by atoms with van der Waals surface area (Å²) in [4.78, 5) is 21.3. The zero-order chi connectivity index (χ0) is 22.5. The normalized spacial score (nSPS) is 11.2. The predicted octanol–water partition coefficient (Wildman–Crippen LogP) is 1.63. The standard InChI is InChI=1S/C17H18N4O8S/c1-10(22)29-17-15(27-2)6-11(7-16(17)28-3)9-19-20-13-5-4-12(30(18,25)26)8-14(13)21(23)24/h4-9,20H,1-3H3,(H2,18,25,26)/b19-9-. The molecule has 2 aromatic carbocycles. The molecule has 2 aromatic rings. The number of carbonyl (C=O) groups is 1. The van der Waals surface area contributed by atoms with Gasteiger partial charge in [-0.15, -0.1) is 0 Å². The van der Waals surface area contributed by atoms with Crippen molar-refractivity contribution in [3.63, 3.8) is 0 Å². The fraction of sp³-hybridized carbons (Fsp3) is 0.176. The fourth-order valence-electron chi connectivity index (χ4n) is 2.33. The smallest absolute Gasteiger partial charge is 0.308 e. The molecule has 13 heteroatoms. The highest BCUT2D eigenvalue weighted by Gasteiger charge is 2.19. The summed E-state index contributed by atoms with van der Waals surface area (Å²) in [6.45, 7) is 1.23. The van der Waals surface area contributed by atoms with E-state index in [1.165, 1.54) is 45.6 Å². The summed E-state index contributed by atoms with van der Waals surface area (Å²) >= 11 is 0. The topological polar surface area (TPSA) is 172 Å². The van der Waals surface area contributed by atoms with E-state index in [0.717, 1.165) is 12.1 Å². The number of esters is 1. The van der Waals surface area contributed by atoms with Crippen molar-refractivity contribution in [3.05, 3.63) is 46.0 Å². The Balaban J connectivity index is 2.35. The van der Waals surface area contributed by atoms with Crippen molar-refractivity contribution in [2.75, 3.05) is 19.6 Å². The van der Waals surface area contributed by atoms with Gasteiger partial charge in [0.15, 0.2) is 11.5 Å². The van der Waals surface area contributed by atoms with Crippen LogP contribution in [0.2, 0.25) is 0 Å². The number of nitrogens with two attached hydrogens (primary N) is 1. The van der Waals surface area contributed by atoms with Crippen LogP contribution in [-0.2, 0) is 14.8 Å². The molecule has 2 rings (SSSR count). The SMILES string of the molecule is COc1cc(/C=N\Nc2ccc(S(N)(=O)=O)cc2[N+](=O)[O-])cc(OC)c1OC(C)=O. The van der Waals surface area contributed by atoms with Crippen molar-refractivity contribution < 1.29 is 32.3 Å². The number of nitrogens with one attached hydrogen (secondary N) is 1. The molecule has 0 radical (unpaired) electrons. The van der Waals surface area contributed by atoms with E-state index in [4.69, 9.17) is 19.3 Å². The summed E-state index contributed by atoms with van der Waals surface area (Å²) in [5.41, 5.74) is 2.34. The van der Waals surface area contributed by atoms with Gasteiger partial charge in [0.25, 0.3) is 5.69 Å². The van der Waals surface area contributed by atoms with Crippen LogP contribution in [0.5, 0.6) is 17.2 Å². The van der Waals surface area contributed by atoms with Crippen molar-refractivity contribution >= 4 is 33.6 Å². The van der Waals surface area contributed by atoms with E-state index in [-0.39, 0.29) is 22.9 Å². The molecule has 0 unspecified atom stereocenters. The van der Waals surface area contributed by atoms with E-state index < -0.39 is 31.5 Å². The molecule has 0 bridgehead atoms. The molecule has 0 atom stereocenters. The Morgan fingerprint density at radius 3 is 2.27 bits per heavy atom. The number of nitro groups is 1. The van der Waals surface area contributed by atoms with E-state index in [0.29, 0.717) is 5.56 Å². The van der Waals surface area contributed by atoms with Crippen molar-refractivity contribution in [1.82, 2.24) is 0 Å². The first-order chi connectivity index (χ1) is 14.1. The molecule has 30 heavy (non-hydrogen) atoms. The maximum absolute atomic E-state index is 11.4. The molecule has 0 aliphatic rings. The van der Waals surface area contributed by atoms with Crippen LogP contribution in [0, 0.1) is 10.1 Å². The van der Waals surface area contributed by atoms with Gasteiger partial charge in [-0.25, -0.2) is 13.6 Å². The highest BCUT2D eigenvalue weighted by Crippen LogP contribution is 2.38. The second kappa shape index (κ2) is 9.19. The average molecular weight is 438 g/mol. The number of hydrazone groups is 1. The first kappa shape index (κ1) is 22.6. The minimum atomic E-state index is -4.10. The summed E-state index contributed by atoms with van der Waals surface area (Å²) in [5.74, 6) is -0.0688. The second-order valence-corrected chi connectivity index (χ2v) is 7.26. The number of sulfonamides is 1. The lowest BCUT2D eigenvalue weighted by atomic mass is 10.2. The first-order valence-electron chi connectivity index (χ1n) is 8.11. The van der Waals surface area contributed by atoms with Crippen LogP contribution in [0.4, 0.5) is 11.4 Å². The lowest BCUT2D eigenvalue weighted by Crippen LogP contribution is -2.12. The van der Waals surface area contributed by atoms with E-state index in [2.05, 4.69) is 10.5 Å². The Labute approximate surface area is 171 Å². The third kappa shape index (κ3) is 5.42. The van der Waals surface area contributed by atoms with Gasteiger partial charge in [0.1, 0.15) is 5.69 Å². The molecule has 0 fully saturated rings. The van der Waals surface area contributed by atoms with Gasteiger partial charge >= 0.3 is 5.97 Å². The van der Waals surface area contributed by atoms with Gasteiger partial charge in [0.2, 0.25) is 15.8 Å². The minimum absolute atomic E-state index is 0.0564. The molecule has 160 valence electrons. The molecule has 0 aliphatic carbocycles. The summed E-state index contributed by atoms with van der Waals surface area (Å²) < 4.78 is 38.2. The van der Waals surface area contributed by atoms with Crippen molar-refractivity contribution in [3.8, 4) is 17.2 Å². The third-order valence-corrected chi connectivity index (χ3v) is 4.53. The molecule has 3 N–H and O–H groups in total. The molecule has 0 saturated heterocycles. The van der Waals surface area contributed by atoms with Crippen molar-refractivity contribution in [2.24, 2.45) is 10.2 Å². The van der Waals surface area contributed by atoms with E-state index in [9.17, 15) is 23.3 Å². The maximum Gasteiger partial charge on any atom is 0.308 e. The van der Waals surface area contributed by atoms with E-state index in [1.54, 1.807) is 0 Å². The van der Waals surface area contributed by atoms with Gasteiger partial charge in [0, 0.05) is 18.6 Å². The highest BCUT2D eigenvalue weighted by atomic mass is 32.2. The van der Waals surface area contributed by atoms with Crippen molar-refractivity contribution in [2.45, 2.75) is 11.8 Å². The number of primary sulfonamides is 1. The number of ether oxygens (including phenoxy) is 3. The Bertz CT molecular complexity index is 1090. The minimum Gasteiger partial charge on any atom is -0.493 e. The Morgan fingerprint density at radius 2 is 1.80 bits per heavy atom. The highest BCUT2D eigenvalue weighted by molar-refractivity contribution is 7.89. The molecular weight excluding hydrogens is 420 g/mol. The Kier molecular flexibility index (Phi) is 6.92. The van der Waals surface area contributed by atoms with Gasteiger partial charge in [0.05, 0.1) is 30.3 Å². The summed E-state index contributed by atoms with van der Waals surface area (Å²) in [6, 6.07) is 6.11. The van der Waals surface area contributed by atoms with Crippen LogP contribution >= 0.6 is 0 Å². The molecule has 0 aliphatic heterocycles. The van der Waals surface area contributed by atoms with Crippen LogP contribution < -0.4 is 24.8 Å². The Hall–Kier alpha value is -3.71. The van der Waals surface area contributed by atoms with Crippen LogP contribution in [0.15, 0.2) is 40.3 Å². The molecule has 0 amide bonds. The second-order valence-electron chi connectivity index (χ2n) is 5.70. The number of hydrogen-bond donors (Lipinski definition) is 2. The van der Waals surface area contributed by atoms with Crippen LogP contribution in [-0.4, -0.2) is 39.7 Å². The number of anilines is 1. The summed E-state index contributed by atoms with van der Waals surface area (Å²) in [6.07, 6.45) is 1.31. The van der Waals surface area contributed by atoms with Gasteiger partial charge in [-0.05, 0) is 24.3 Å². The number of methoxy groups -OCH3 is 2. The zero-order valence-corrected chi connectivity index (χ0v) is 16.9. The number of rotatable bonds is 8. The molecule has 0 heterocycles. The third-order valence-electron chi connectivity index (χ3n) is 3.62. The maximum atomic E-state index is 11.4. The van der Waals surface area contributed by atoms with Gasteiger partial charge in [-0.3, -0.25) is 20.3 Å². The number of nitrogens with zero attached hydrogens (tertiary/aromatic N) is 2. The average Bonchev–Trinajstić information content (AvgIpc) is 2.67. The summed E-state index contributed by atoms with van der Waals surface area (Å²) in [7, 11) is -1.36. The molecule has 0 saturated carbocycles. The lowest BCUT2D eigenvalue weighted by Gasteiger charge is -2.13. The van der Waals surface area contributed by atoms with Crippen LogP contribution in [0.1, 0.15) is 12.5 Å². The van der Waals surface area contributed by atoms with Crippen molar-refractivity contribution in [1.29, 1.82) is 0 Å². The van der Waals surface area contributed by atoms with Gasteiger partial charge in [-0.1, -0.05) is 0 Å². The van der Waals surface area contributed by atoms with Crippen LogP contribution in [0.3, 0.4) is 0 Å². The first-order valence-corrected chi connectivity index (χ1v) is 9.66. The quantitative estimate of drug-likeness (QED) is 0.204. The molecular formula is C17H18N4O8S. The number of nitro benzene ring substituents is 1. The van der Waals surface area contributed by atoms with Gasteiger partial charge in [-0.2, -0.15) is 5.10 Å². The van der Waals surface area contributed by atoms with E-state index in [1.807, 2.05) is 0 Å². The predicted molar refractivity (Wildman–Crippen MR) is 107 cm³/mol. The number of carbonyl (C=O) groups excluding carboxylic acids is 1. The summed E-state index contributed by atoms with van der Waals surface area (Å²) in [5, 5.41) is 20.1. The monoisotopic (exact) mass is 438 g/mol. The molecule has 0 spiro atoms. The fourth-order valence-corrected chi connectivity index (χ4v) is 2.86. The Morgan fingerprint density at radius 1 is 1.20 bits per heavy atom. The number of benzene rings is 2. The van der Waals surface area contributed by atoms with Gasteiger partial charge < -0.3 is 14.2 Å². The molecule has 12 nitrogen and oxygen atoms in total. The number of hydrogen-bond acceptors (Lipinski definition) is 10. The lowest BCUT2D eigenvalue weighted by molar-refractivity contribution is -0.384.